The number of rotatable bonds is 9. The van der Waals surface area contributed by atoms with Gasteiger partial charge in [0.05, 0.1) is 0 Å². The minimum Gasteiger partial charge on any atom is -0.464 e. The van der Waals surface area contributed by atoms with Crippen LogP contribution in [0.2, 0.25) is 0 Å². The summed E-state index contributed by atoms with van der Waals surface area (Å²) in [6.45, 7) is 6.19. The molecule has 0 aliphatic heterocycles. The Kier molecular flexibility index (Phi) is 7.91. The van der Waals surface area contributed by atoms with Crippen molar-refractivity contribution < 1.29 is 9.53 Å². The number of ether oxygens (including phenoxy) is 1. The zero-order valence-corrected chi connectivity index (χ0v) is 12.1. The molecule has 1 rings (SSSR count). The van der Waals surface area contributed by atoms with Crippen molar-refractivity contribution in [3.8, 4) is 0 Å². The number of carbonyl (C=O) groups excluding carboxylic acids is 1. The molecule has 19 heavy (non-hydrogen) atoms. The second-order valence-corrected chi connectivity index (χ2v) is 4.67. The molecule has 1 N–H and O–H groups in total. The largest absolute Gasteiger partial charge is 0.464 e. The van der Waals surface area contributed by atoms with Gasteiger partial charge in [-0.25, -0.2) is 0 Å². The molecule has 0 amide bonds. The monoisotopic (exact) mass is 263 g/mol. The van der Waals surface area contributed by atoms with Gasteiger partial charge in [-0.3, -0.25) is 4.79 Å². The van der Waals surface area contributed by atoms with Gasteiger partial charge in [0.1, 0.15) is 6.61 Å². The van der Waals surface area contributed by atoms with Crippen LogP contribution in [-0.4, -0.2) is 19.1 Å². The van der Waals surface area contributed by atoms with Crippen LogP contribution in [0.3, 0.4) is 0 Å². The van der Waals surface area contributed by atoms with Gasteiger partial charge in [-0.05, 0) is 24.0 Å². The van der Waals surface area contributed by atoms with E-state index in [4.69, 9.17) is 4.74 Å². The Morgan fingerprint density at radius 3 is 2.47 bits per heavy atom. The first kappa shape index (κ1) is 15.7. The van der Waals surface area contributed by atoms with E-state index >= 15 is 0 Å². The first-order valence-corrected chi connectivity index (χ1v) is 7.20. The molecule has 1 aromatic rings. The molecule has 0 saturated carbocycles. The number of esters is 1. The lowest BCUT2D eigenvalue weighted by Gasteiger charge is -2.07. The summed E-state index contributed by atoms with van der Waals surface area (Å²) in [7, 11) is 0. The maximum absolute atomic E-state index is 11.3. The van der Waals surface area contributed by atoms with Crippen LogP contribution < -0.4 is 5.32 Å². The van der Waals surface area contributed by atoms with Crippen molar-refractivity contribution in [1.29, 1.82) is 0 Å². The molecule has 0 aromatic heterocycles. The average Bonchev–Trinajstić information content (AvgIpc) is 2.45. The Morgan fingerprint density at radius 2 is 1.84 bits per heavy atom. The van der Waals surface area contributed by atoms with Crippen LogP contribution in [0, 0.1) is 0 Å². The van der Waals surface area contributed by atoms with Crippen molar-refractivity contribution in [2.45, 2.75) is 46.1 Å². The van der Waals surface area contributed by atoms with Crippen molar-refractivity contribution in [2.75, 3.05) is 13.2 Å². The highest BCUT2D eigenvalue weighted by Gasteiger charge is 2.00. The van der Waals surface area contributed by atoms with E-state index in [1.807, 2.05) is 0 Å². The van der Waals surface area contributed by atoms with Crippen LogP contribution in [0.4, 0.5) is 0 Å². The van der Waals surface area contributed by atoms with Gasteiger partial charge >= 0.3 is 5.97 Å². The van der Waals surface area contributed by atoms with Gasteiger partial charge in [-0.15, -0.1) is 0 Å². The quantitative estimate of drug-likeness (QED) is 0.549. The summed E-state index contributed by atoms with van der Waals surface area (Å²) in [5.41, 5.74) is 2.61. The summed E-state index contributed by atoms with van der Waals surface area (Å²) in [4.78, 5) is 11.3. The predicted molar refractivity (Wildman–Crippen MR) is 78.0 cm³/mol. The number of unbranched alkanes of at least 4 members (excludes halogenated alkanes) is 1. The van der Waals surface area contributed by atoms with Gasteiger partial charge in [0.25, 0.3) is 0 Å². The fraction of sp³-hybridized carbons (Fsp3) is 0.562. The molecule has 0 aliphatic carbocycles. The third-order valence-electron chi connectivity index (χ3n) is 3.04. The molecule has 3 nitrogen and oxygen atoms in total. The molecule has 0 aliphatic rings. The number of hydrogen-bond acceptors (Lipinski definition) is 3. The summed E-state index contributed by atoms with van der Waals surface area (Å²) in [6.07, 6.45) is 3.55. The van der Waals surface area contributed by atoms with Gasteiger partial charge in [0.15, 0.2) is 0 Å². The van der Waals surface area contributed by atoms with E-state index in [1.165, 1.54) is 11.1 Å². The van der Waals surface area contributed by atoms with Gasteiger partial charge in [0, 0.05) is 19.5 Å². The van der Waals surface area contributed by atoms with E-state index in [-0.39, 0.29) is 5.97 Å². The molecule has 0 saturated heterocycles. The van der Waals surface area contributed by atoms with E-state index in [0.717, 1.165) is 25.8 Å². The molecule has 0 atom stereocenters. The lowest BCUT2D eigenvalue weighted by atomic mass is 10.1. The van der Waals surface area contributed by atoms with E-state index in [0.29, 0.717) is 19.6 Å². The molecule has 106 valence electrons. The van der Waals surface area contributed by atoms with Crippen LogP contribution in [0.15, 0.2) is 24.3 Å². The Labute approximate surface area is 116 Å². The summed E-state index contributed by atoms with van der Waals surface area (Å²) in [5.74, 6) is -0.0871. The number of hydrogen-bond donors (Lipinski definition) is 1. The number of nitrogens with one attached hydrogen (secondary N) is 1. The molecule has 0 bridgehead atoms. The topological polar surface area (TPSA) is 38.3 Å². The Bertz CT molecular complexity index is 360. The first-order chi connectivity index (χ1) is 9.26. The zero-order valence-electron chi connectivity index (χ0n) is 12.1. The highest BCUT2D eigenvalue weighted by molar-refractivity contribution is 5.69. The van der Waals surface area contributed by atoms with E-state index in [9.17, 15) is 4.79 Å². The van der Waals surface area contributed by atoms with E-state index < -0.39 is 0 Å². The normalized spacial score (nSPS) is 10.4. The Morgan fingerprint density at radius 1 is 1.16 bits per heavy atom. The summed E-state index contributed by atoms with van der Waals surface area (Å²) >= 11 is 0. The second-order valence-electron chi connectivity index (χ2n) is 4.67. The molecule has 1 aromatic carbocycles. The summed E-state index contributed by atoms with van der Waals surface area (Å²) in [5, 5.41) is 3.27. The molecule has 0 heterocycles. The fourth-order valence-corrected chi connectivity index (χ4v) is 1.76. The molecular weight excluding hydrogens is 238 g/mol. The van der Waals surface area contributed by atoms with Gasteiger partial charge in [-0.2, -0.15) is 0 Å². The Hall–Kier alpha value is -1.35. The minimum atomic E-state index is -0.0871. The van der Waals surface area contributed by atoms with Crippen LogP contribution in [0.5, 0.6) is 0 Å². The maximum Gasteiger partial charge on any atom is 0.305 e. The highest BCUT2D eigenvalue weighted by Crippen LogP contribution is 2.04. The maximum atomic E-state index is 11.3. The van der Waals surface area contributed by atoms with Gasteiger partial charge < -0.3 is 10.1 Å². The minimum absolute atomic E-state index is 0.0871. The van der Waals surface area contributed by atoms with Crippen LogP contribution >= 0.6 is 0 Å². The van der Waals surface area contributed by atoms with Crippen molar-refractivity contribution in [3.63, 3.8) is 0 Å². The van der Waals surface area contributed by atoms with Crippen molar-refractivity contribution in [1.82, 2.24) is 5.32 Å². The third-order valence-corrected chi connectivity index (χ3v) is 3.04. The van der Waals surface area contributed by atoms with E-state index in [2.05, 4.69) is 43.4 Å². The van der Waals surface area contributed by atoms with Crippen LogP contribution in [-0.2, 0) is 22.5 Å². The lowest BCUT2D eigenvalue weighted by molar-refractivity contribution is -0.143. The summed E-state index contributed by atoms with van der Waals surface area (Å²) in [6, 6.07) is 8.59. The number of carbonyl (C=O) groups is 1. The van der Waals surface area contributed by atoms with Crippen LogP contribution in [0.1, 0.15) is 44.2 Å². The average molecular weight is 263 g/mol. The van der Waals surface area contributed by atoms with Crippen molar-refractivity contribution >= 4 is 5.97 Å². The number of benzene rings is 1. The third kappa shape index (κ3) is 6.97. The standard InChI is InChI=1S/C16H25NO2/c1-3-5-6-16(18)19-12-11-17-13-15-9-7-14(4-2)8-10-15/h7-10,17H,3-6,11-13H2,1-2H3. The molecular formula is C16H25NO2. The van der Waals surface area contributed by atoms with Crippen molar-refractivity contribution in [2.24, 2.45) is 0 Å². The molecule has 3 heteroatoms. The van der Waals surface area contributed by atoms with Crippen LogP contribution in [0.25, 0.3) is 0 Å². The number of aryl methyl sites for hydroxylation is 1. The first-order valence-electron chi connectivity index (χ1n) is 7.20. The van der Waals surface area contributed by atoms with E-state index in [1.54, 1.807) is 0 Å². The molecule has 0 fully saturated rings. The highest BCUT2D eigenvalue weighted by atomic mass is 16.5. The van der Waals surface area contributed by atoms with Gasteiger partial charge in [0.2, 0.25) is 0 Å². The fourth-order valence-electron chi connectivity index (χ4n) is 1.76. The smallest absolute Gasteiger partial charge is 0.305 e. The SMILES string of the molecule is CCCCC(=O)OCCNCc1ccc(CC)cc1. The Balaban J connectivity index is 2.08. The van der Waals surface area contributed by atoms with Crippen molar-refractivity contribution in [3.05, 3.63) is 35.4 Å². The van der Waals surface area contributed by atoms with Gasteiger partial charge in [-0.1, -0.05) is 44.5 Å². The lowest BCUT2D eigenvalue weighted by Crippen LogP contribution is -2.21. The summed E-state index contributed by atoms with van der Waals surface area (Å²) < 4.78 is 5.12. The molecule has 0 radical (unpaired) electrons. The molecule has 0 unspecified atom stereocenters. The second kappa shape index (κ2) is 9.56. The molecule has 0 spiro atoms. The zero-order chi connectivity index (χ0) is 13.9. The predicted octanol–water partition coefficient (Wildman–Crippen LogP) is 3.07.